The molecule has 1 fully saturated rings. The fourth-order valence-corrected chi connectivity index (χ4v) is 2.83. The number of amides is 1. The first kappa shape index (κ1) is 15.0. The van der Waals surface area contributed by atoms with Crippen molar-refractivity contribution in [3.8, 4) is 6.07 Å². The molecule has 1 amide bonds. The molecule has 5 heteroatoms. The van der Waals surface area contributed by atoms with Gasteiger partial charge >= 0.3 is 0 Å². The molecule has 0 saturated heterocycles. The van der Waals surface area contributed by atoms with E-state index in [2.05, 4.69) is 21.7 Å². The maximum absolute atomic E-state index is 12.4. The Balaban J connectivity index is 1.73. The van der Waals surface area contributed by atoms with Crippen molar-refractivity contribution in [1.29, 1.82) is 5.26 Å². The number of carbonyl (C=O) groups excluding carboxylic acids is 1. The van der Waals surface area contributed by atoms with Crippen molar-refractivity contribution in [2.45, 2.75) is 31.7 Å². The number of hydrogen-bond donors (Lipinski definition) is 2. The quantitative estimate of drug-likeness (QED) is 0.905. The molecule has 23 heavy (non-hydrogen) atoms. The average molecular weight is 306 g/mol. The standard InChI is InChI=1S/C18H18N4O/c19-12-13-5-1-4-8-16(13)22-18(23)17-11-15(9-10-20-17)21-14-6-2-3-7-14/h1,4-5,8-11,14H,2-3,6-7H2,(H,20,21)(H,22,23). The van der Waals surface area contributed by atoms with Gasteiger partial charge in [-0.3, -0.25) is 9.78 Å². The van der Waals surface area contributed by atoms with Gasteiger partial charge in [-0.05, 0) is 37.1 Å². The lowest BCUT2D eigenvalue weighted by molar-refractivity contribution is 0.102. The van der Waals surface area contributed by atoms with Crippen LogP contribution in [0.25, 0.3) is 0 Å². The van der Waals surface area contributed by atoms with Crippen LogP contribution in [0, 0.1) is 11.3 Å². The number of nitrogens with zero attached hydrogens (tertiary/aromatic N) is 2. The highest BCUT2D eigenvalue weighted by Crippen LogP contribution is 2.22. The first-order valence-corrected chi connectivity index (χ1v) is 7.79. The van der Waals surface area contributed by atoms with Crippen molar-refractivity contribution in [3.05, 3.63) is 53.9 Å². The summed E-state index contributed by atoms with van der Waals surface area (Å²) in [4.78, 5) is 16.5. The molecule has 5 nitrogen and oxygen atoms in total. The Morgan fingerprint density at radius 3 is 2.78 bits per heavy atom. The molecule has 0 aliphatic heterocycles. The van der Waals surface area contributed by atoms with E-state index in [0.717, 1.165) is 5.69 Å². The first-order chi connectivity index (χ1) is 11.3. The molecule has 1 saturated carbocycles. The SMILES string of the molecule is N#Cc1ccccc1NC(=O)c1cc(NC2CCCC2)ccn1. The van der Waals surface area contributed by atoms with Gasteiger partial charge in [0.05, 0.1) is 11.3 Å². The van der Waals surface area contributed by atoms with Gasteiger partial charge in [0.2, 0.25) is 0 Å². The molecule has 2 N–H and O–H groups in total. The van der Waals surface area contributed by atoms with Crippen molar-refractivity contribution in [1.82, 2.24) is 4.98 Å². The summed E-state index contributed by atoms with van der Waals surface area (Å²) in [5.41, 5.74) is 2.17. The number of aromatic nitrogens is 1. The number of pyridine rings is 1. The van der Waals surface area contributed by atoms with E-state index in [1.54, 1.807) is 36.5 Å². The van der Waals surface area contributed by atoms with Crippen LogP contribution in [0.3, 0.4) is 0 Å². The second kappa shape index (κ2) is 6.93. The lowest BCUT2D eigenvalue weighted by Gasteiger charge is -2.14. The molecule has 0 atom stereocenters. The minimum Gasteiger partial charge on any atom is -0.382 e. The minimum absolute atomic E-state index is 0.317. The predicted molar refractivity (Wildman–Crippen MR) is 89.2 cm³/mol. The molecule has 2 aromatic rings. The molecule has 0 spiro atoms. The van der Waals surface area contributed by atoms with Crippen LogP contribution in [0.15, 0.2) is 42.6 Å². The first-order valence-electron chi connectivity index (χ1n) is 7.79. The Morgan fingerprint density at radius 1 is 1.22 bits per heavy atom. The fourth-order valence-electron chi connectivity index (χ4n) is 2.83. The number of carbonyl (C=O) groups is 1. The predicted octanol–water partition coefficient (Wildman–Crippen LogP) is 3.56. The number of para-hydroxylation sites is 1. The van der Waals surface area contributed by atoms with Crippen molar-refractivity contribution in [2.75, 3.05) is 10.6 Å². The van der Waals surface area contributed by atoms with Gasteiger partial charge in [0.25, 0.3) is 5.91 Å². The smallest absolute Gasteiger partial charge is 0.274 e. The molecule has 116 valence electrons. The summed E-state index contributed by atoms with van der Waals surface area (Å²) in [6.07, 6.45) is 6.46. The minimum atomic E-state index is -0.317. The molecule has 0 radical (unpaired) electrons. The van der Waals surface area contributed by atoms with E-state index in [1.165, 1.54) is 25.7 Å². The van der Waals surface area contributed by atoms with Crippen molar-refractivity contribution in [2.24, 2.45) is 0 Å². The zero-order valence-electron chi connectivity index (χ0n) is 12.7. The summed E-state index contributed by atoms with van der Waals surface area (Å²) in [5, 5.41) is 15.3. The van der Waals surface area contributed by atoms with Crippen LogP contribution < -0.4 is 10.6 Å². The molecule has 3 rings (SSSR count). The normalized spacial score (nSPS) is 14.2. The Labute approximate surface area is 135 Å². The third-order valence-electron chi connectivity index (χ3n) is 4.01. The van der Waals surface area contributed by atoms with Gasteiger partial charge in [0, 0.05) is 17.9 Å². The summed E-state index contributed by atoms with van der Waals surface area (Å²) < 4.78 is 0. The number of nitrogens with one attached hydrogen (secondary N) is 2. The van der Waals surface area contributed by atoms with Gasteiger partial charge in [0.1, 0.15) is 11.8 Å². The number of rotatable bonds is 4. The Kier molecular flexibility index (Phi) is 4.53. The van der Waals surface area contributed by atoms with E-state index in [-0.39, 0.29) is 5.91 Å². The highest BCUT2D eigenvalue weighted by atomic mass is 16.1. The zero-order valence-corrected chi connectivity index (χ0v) is 12.7. The van der Waals surface area contributed by atoms with Gasteiger partial charge in [0.15, 0.2) is 0 Å². The molecule has 0 unspecified atom stereocenters. The molecular formula is C18H18N4O. The van der Waals surface area contributed by atoms with Crippen LogP contribution in [0.5, 0.6) is 0 Å². The lowest BCUT2D eigenvalue weighted by atomic mass is 10.2. The Morgan fingerprint density at radius 2 is 2.00 bits per heavy atom. The van der Waals surface area contributed by atoms with Crippen LogP contribution in [0.4, 0.5) is 11.4 Å². The van der Waals surface area contributed by atoms with Gasteiger partial charge in [-0.15, -0.1) is 0 Å². The Hall–Kier alpha value is -2.87. The van der Waals surface area contributed by atoms with E-state index in [1.807, 2.05) is 6.07 Å². The third-order valence-corrected chi connectivity index (χ3v) is 4.01. The largest absolute Gasteiger partial charge is 0.382 e. The number of hydrogen-bond acceptors (Lipinski definition) is 4. The van der Waals surface area contributed by atoms with Gasteiger partial charge < -0.3 is 10.6 Å². The van der Waals surface area contributed by atoms with E-state index in [4.69, 9.17) is 5.26 Å². The maximum Gasteiger partial charge on any atom is 0.274 e. The average Bonchev–Trinajstić information content (AvgIpc) is 3.08. The third kappa shape index (κ3) is 3.67. The second-order valence-electron chi connectivity index (χ2n) is 5.67. The molecule has 1 aliphatic carbocycles. The molecule has 1 aliphatic rings. The van der Waals surface area contributed by atoms with E-state index in [9.17, 15) is 4.79 Å². The van der Waals surface area contributed by atoms with E-state index < -0.39 is 0 Å². The number of anilines is 2. The fraction of sp³-hybridized carbons (Fsp3) is 0.278. The summed E-state index contributed by atoms with van der Waals surface area (Å²) in [6, 6.07) is 13.1. The summed E-state index contributed by atoms with van der Waals surface area (Å²) in [6.45, 7) is 0. The highest BCUT2D eigenvalue weighted by molar-refractivity contribution is 6.04. The molecule has 0 bridgehead atoms. The van der Waals surface area contributed by atoms with Gasteiger partial charge in [-0.2, -0.15) is 5.26 Å². The molecule has 1 heterocycles. The van der Waals surface area contributed by atoms with Crippen LogP contribution in [-0.4, -0.2) is 16.9 Å². The molecule has 1 aromatic heterocycles. The summed E-state index contributed by atoms with van der Waals surface area (Å²) in [7, 11) is 0. The van der Waals surface area contributed by atoms with Crippen molar-refractivity contribution in [3.63, 3.8) is 0 Å². The van der Waals surface area contributed by atoms with Crippen LogP contribution in [-0.2, 0) is 0 Å². The summed E-state index contributed by atoms with van der Waals surface area (Å²) >= 11 is 0. The number of nitriles is 1. The summed E-state index contributed by atoms with van der Waals surface area (Å²) in [5.74, 6) is -0.317. The molecular weight excluding hydrogens is 288 g/mol. The monoisotopic (exact) mass is 306 g/mol. The Bertz CT molecular complexity index is 745. The topological polar surface area (TPSA) is 77.8 Å². The number of benzene rings is 1. The second-order valence-corrected chi connectivity index (χ2v) is 5.67. The van der Waals surface area contributed by atoms with E-state index >= 15 is 0 Å². The maximum atomic E-state index is 12.4. The van der Waals surface area contributed by atoms with Crippen molar-refractivity contribution >= 4 is 17.3 Å². The van der Waals surface area contributed by atoms with Crippen LogP contribution in [0.1, 0.15) is 41.7 Å². The van der Waals surface area contributed by atoms with E-state index in [0.29, 0.717) is 23.0 Å². The highest BCUT2D eigenvalue weighted by Gasteiger charge is 2.16. The van der Waals surface area contributed by atoms with Crippen molar-refractivity contribution < 1.29 is 4.79 Å². The van der Waals surface area contributed by atoms with Gasteiger partial charge in [-0.25, -0.2) is 0 Å². The zero-order chi connectivity index (χ0) is 16.1. The van der Waals surface area contributed by atoms with Gasteiger partial charge in [-0.1, -0.05) is 25.0 Å². The van der Waals surface area contributed by atoms with Crippen LogP contribution >= 0.6 is 0 Å². The van der Waals surface area contributed by atoms with Crippen LogP contribution in [0.2, 0.25) is 0 Å². The lowest BCUT2D eigenvalue weighted by Crippen LogP contribution is -2.17. The molecule has 1 aromatic carbocycles.